The number of ether oxygens (including phenoxy) is 1. The standard InChI is InChI=1S/C16H21N5OS/c1-12-13-2-5-21(16-17-4-11-23-16)6-3-14(13)19-15(18-12)20-7-9-22-10-8-20/h4,11H,2-3,5-10H2,1H3. The number of aromatic nitrogens is 3. The third-order valence-electron chi connectivity index (χ3n) is 4.52. The number of aryl methyl sites for hydroxylation is 1. The van der Waals surface area contributed by atoms with Gasteiger partial charge < -0.3 is 14.5 Å². The molecule has 0 aliphatic carbocycles. The quantitative estimate of drug-likeness (QED) is 0.835. The summed E-state index contributed by atoms with van der Waals surface area (Å²) in [6.45, 7) is 7.35. The molecule has 0 N–H and O–H groups in total. The minimum atomic E-state index is 0.761. The van der Waals surface area contributed by atoms with Crippen molar-refractivity contribution in [3.63, 3.8) is 0 Å². The number of hydrogen-bond donors (Lipinski definition) is 0. The van der Waals surface area contributed by atoms with Crippen molar-refractivity contribution in [1.82, 2.24) is 15.0 Å². The molecule has 0 radical (unpaired) electrons. The molecule has 2 aromatic heterocycles. The number of morpholine rings is 1. The molecule has 7 heteroatoms. The van der Waals surface area contributed by atoms with Gasteiger partial charge >= 0.3 is 0 Å². The van der Waals surface area contributed by atoms with E-state index >= 15 is 0 Å². The van der Waals surface area contributed by atoms with Gasteiger partial charge in [-0.3, -0.25) is 0 Å². The monoisotopic (exact) mass is 331 g/mol. The second kappa shape index (κ2) is 6.41. The number of thiazole rings is 1. The zero-order chi connectivity index (χ0) is 15.6. The molecule has 0 atom stereocenters. The predicted molar refractivity (Wildman–Crippen MR) is 91.5 cm³/mol. The first-order chi connectivity index (χ1) is 11.3. The van der Waals surface area contributed by atoms with Gasteiger partial charge in [0.15, 0.2) is 5.13 Å². The molecule has 1 saturated heterocycles. The van der Waals surface area contributed by atoms with E-state index < -0.39 is 0 Å². The van der Waals surface area contributed by atoms with Gasteiger partial charge in [0.05, 0.1) is 18.9 Å². The van der Waals surface area contributed by atoms with Crippen LogP contribution in [-0.4, -0.2) is 54.3 Å². The van der Waals surface area contributed by atoms with Gasteiger partial charge in [-0.05, 0) is 18.9 Å². The van der Waals surface area contributed by atoms with Crippen LogP contribution in [0.25, 0.3) is 0 Å². The summed E-state index contributed by atoms with van der Waals surface area (Å²) >= 11 is 1.70. The van der Waals surface area contributed by atoms with E-state index in [0.717, 1.165) is 69.0 Å². The van der Waals surface area contributed by atoms with Crippen LogP contribution in [0.4, 0.5) is 11.1 Å². The highest BCUT2D eigenvalue weighted by atomic mass is 32.1. The van der Waals surface area contributed by atoms with Crippen molar-refractivity contribution in [3.8, 4) is 0 Å². The molecular formula is C16H21N5OS. The lowest BCUT2D eigenvalue weighted by Crippen LogP contribution is -2.37. The first-order valence-corrected chi connectivity index (χ1v) is 9.03. The van der Waals surface area contributed by atoms with Crippen LogP contribution in [0.5, 0.6) is 0 Å². The van der Waals surface area contributed by atoms with Crippen LogP contribution in [0.2, 0.25) is 0 Å². The van der Waals surface area contributed by atoms with Crippen molar-refractivity contribution in [2.45, 2.75) is 19.8 Å². The molecular weight excluding hydrogens is 310 g/mol. The van der Waals surface area contributed by atoms with Crippen LogP contribution in [-0.2, 0) is 17.6 Å². The van der Waals surface area contributed by atoms with E-state index in [0.29, 0.717) is 0 Å². The van der Waals surface area contributed by atoms with Crippen LogP contribution in [0, 0.1) is 6.92 Å². The van der Waals surface area contributed by atoms with E-state index in [4.69, 9.17) is 14.7 Å². The molecule has 4 rings (SSSR count). The lowest BCUT2D eigenvalue weighted by molar-refractivity contribution is 0.122. The van der Waals surface area contributed by atoms with Crippen molar-refractivity contribution in [1.29, 1.82) is 0 Å². The summed E-state index contributed by atoms with van der Waals surface area (Å²) in [5.74, 6) is 0.868. The molecule has 23 heavy (non-hydrogen) atoms. The number of rotatable bonds is 2. The third-order valence-corrected chi connectivity index (χ3v) is 5.35. The Hall–Kier alpha value is -1.73. The SMILES string of the molecule is Cc1nc(N2CCOCC2)nc2c1CCN(c1nccs1)CC2. The maximum atomic E-state index is 5.43. The van der Waals surface area contributed by atoms with Gasteiger partial charge in [0.25, 0.3) is 0 Å². The normalized spacial score (nSPS) is 18.7. The molecule has 0 saturated carbocycles. The third kappa shape index (κ3) is 3.03. The molecule has 2 aromatic rings. The summed E-state index contributed by atoms with van der Waals surface area (Å²) in [6, 6.07) is 0. The Balaban J connectivity index is 1.58. The van der Waals surface area contributed by atoms with Crippen LogP contribution in [0.15, 0.2) is 11.6 Å². The van der Waals surface area contributed by atoms with Crippen molar-refractivity contribution in [3.05, 3.63) is 28.5 Å². The molecule has 0 aromatic carbocycles. The van der Waals surface area contributed by atoms with Crippen molar-refractivity contribution in [2.75, 3.05) is 49.2 Å². The summed E-state index contributed by atoms with van der Waals surface area (Å²) in [6.07, 6.45) is 3.82. The molecule has 0 spiro atoms. The highest BCUT2D eigenvalue weighted by Gasteiger charge is 2.22. The molecule has 4 heterocycles. The van der Waals surface area contributed by atoms with Gasteiger partial charge in [-0.2, -0.15) is 0 Å². The maximum Gasteiger partial charge on any atom is 0.225 e. The Morgan fingerprint density at radius 2 is 1.87 bits per heavy atom. The fourth-order valence-corrected chi connectivity index (χ4v) is 3.94. The maximum absolute atomic E-state index is 5.43. The van der Waals surface area contributed by atoms with Crippen LogP contribution >= 0.6 is 11.3 Å². The average molecular weight is 331 g/mol. The average Bonchev–Trinajstić information content (AvgIpc) is 3.03. The molecule has 0 amide bonds. The predicted octanol–water partition coefficient (Wildman–Crippen LogP) is 1.68. The summed E-state index contributed by atoms with van der Waals surface area (Å²) in [7, 11) is 0. The zero-order valence-corrected chi connectivity index (χ0v) is 14.2. The minimum absolute atomic E-state index is 0.761. The van der Waals surface area contributed by atoms with Gasteiger partial charge in [-0.15, -0.1) is 11.3 Å². The zero-order valence-electron chi connectivity index (χ0n) is 13.4. The summed E-state index contributed by atoms with van der Waals surface area (Å²) in [4.78, 5) is 18.7. The molecule has 122 valence electrons. The molecule has 6 nitrogen and oxygen atoms in total. The smallest absolute Gasteiger partial charge is 0.225 e. The number of nitrogens with zero attached hydrogens (tertiary/aromatic N) is 5. The lowest BCUT2D eigenvalue weighted by Gasteiger charge is -2.27. The molecule has 0 unspecified atom stereocenters. The van der Waals surface area contributed by atoms with Gasteiger partial charge in [-0.1, -0.05) is 0 Å². The van der Waals surface area contributed by atoms with Crippen LogP contribution in [0.3, 0.4) is 0 Å². The van der Waals surface area contributed by atoms with Crippen molar-refractivity contribution < 1.29 is 4.74 Å². The highest BCUT2D eigenvalue weighted by molar-refractivity contribution is 7.13. The topological polar surface area (TPSA) is 54.4 Å². The van der Waals surface area contributed by atoms with E-state index in [1.807, 2.05) is 11.6 Å². The highest BCUT2D eigenvalue weighted by Crippen LogP contribution is 2.24. The Kier molecular flexibility index (Phi) is 4.13. The largest absolute Gasteiger partial charge is 0.378 e. The van der Waals surface area contributed by atoms with Gasteiger partial charge in [-0.25, -0.2) is 15.0 Å². The first kappa shape index (κ1) is 14.8. The second-order valence-corrected chi connectivity index (χ2v) is 6.81. The van der Waals surface area contributed by atoms with Gasteiger partial charge in [0.2, 0.25) is 5.95 Å². The fraction of sp³-hybridized carbons (Fsp3) is 0.562. The van der Waals surface area contributed by atoms with Crippen LogP contribution in [0.1, 0.15) is 17.0 Å². The van der Waals surface area contributed by atoms with E-state index in [2.05, 4.69) is 21.7 Å². The summed E-state index contributed by atoms with van der Waals surface area (Å²) < 4.78 is 5.43. The van der Waals surface area contributed by atoms with E-state index in [-0.39, 0.29) is 0 Å². The van der Waals surface area contributed by atoms with Gasteiger partial charge in [0.1, 0.15) is 0 Å². The summed E-state index contributed by atoms with van der Waals surface area (Å²) in [5, 5.41) is 3.14. The minimum Gasteiger partial charge on any atom is -0.378 e. The Labute approximate surface area is 140 Å². The number of hydrogen-bond acceptors (Lipinski definition) is 7. The van der Waals surface area contributed by atoms with Gasteiger partial charge in [0, 0.05) is 49.9 Å². The van der Waals surface area contributed by atoms with E-state index in [9.17, 15) is 0 Å². The Morgan fingerprint density at radius 3 is 2.65 bits per heavy atom. The molecule has 2 aliphatic rings. The van der Waals surface area contributed by atoms with Crippen LogP contribution < -0.4 is 9.80 Å². The Bertz CT molecular complexity index is 669. The second-order valence-electron chi connectivity index (χ2n) is 5.94. The lowest BCUT2D eigenvalue weighted by atomic mass is 10.1. The molecule has 1 fully saturated rings. The number of anilines is 2. The summed E-state index contributed by atoms with van der Waals surface area (Å²) in [5.41, 5.74) is 3.65. The fourth-order valence-electron chi connectivity index (χ4n) is 3.24. The van der Waals surface area contributed by atoms with E-state index in [1.165, 1.54) is 11.3 Å². The van der Waals surface area contributed by atoms with Crippen molar-refractivity contribution >= 4 is 22.4 Å². The Morgan fingerprint density at radius 1 is 1.04 bits per heavy atom. The van der Waals surface area contributed by atoms with Crippen molar-refractivity contribution in [2.24, 2.45) is 0 Å². The molecule has 0 bridgehead atoms. The van der Waals surface area contributed by atoms with E-state index in [1.54, 1.807) is 11.3 Å². The number of fused-ring (bicyclic) bond motifs is 1. The first-order valence-electron chi connectivity index (χ1n) is 8.15. The molecule has 2 aliphatic heterocycles.